The lowest BCUT2D eigenvalue weighted by Crippen LogP contribution is -2.23. The van der Waals surface area contributed by atoms with E-state index < -0.39 is 16.8 Å². The smallest absolute Gasteiger partial charge is 0.372 e. The van der Waals surface area contributed by atoms with Crippen LogP contribution < -0.4 is 5.32 Å². The van der Waals surface area contributed by atoms with E-state index in [1.165, 1.54) is 12.1 Å². The molecule has 0 aliphatic rings. The van der Waals surface area contributed by atoms with Crippen LogP contribution in [0.4, 0.5) is 13.2 Å². The summed E-state index contributed by atoms with van der Waals surface area (Å²) in [6.45, 7) is 0.337. The SMILES string of the molecule is FC(F)(F)c1cccc(C(=S)NCc2cnc3ccccc3c2)c1Cl. The van der Waals surface area contributed by atoms with Gasteiger partial charge in [0.15, 0.2) is 0 Å². The van der Waals surface area contributed by atoms with Gasteiger partial charge in [-0.05, 0) is 23.8 Å². The van der Waals surface area contributed by atoms with Crippen molar-refractivity contribution >= 4 is 39.7 Å². The van der Waals surface area contributed by atoms with E-state index in [1.807, 2.05) is 30.3 Å². The number of nitrogens with zero attached hydrogens (tertiary/aromatic N) is 1. The van der Waals surface area contributed by atoms with Gasteiger partial charge in [0.2, 0.25) is 0 Å². The van der Waals surface area contributed by atoms with Gasteiger partial charge in [0.25, 0.3) is 0 Å². The van der Waals surface area contributed by atoms with E-state index in [1.54, 1.807) is 6.20 Å². The number of thiocarbonyl (C=S) groups is 1. The molecule has 0 saturated heterocycles. The Bertz CT molecular complexity index is 941. The molecule has 0 amide bonds. The van der Waals surface area contributed by atoms with Gasteiger partial charge in [-0.2, -0.15) is 13.2 Å². The third-order valence-electron chi connectivity index (χ3n) is 3.65. The van der Waals surface area contributed by atoms with Crippen molar-refractivity contribution in [3.8, 4) is 0 Å². The third kappa shape index (κ3) is 3.91. The molecular formula is C18H12ClF3N2S. The monoisotopic (exact) mass is 380 g/mol. The molecule has 0 atom stereocenters. The van der Waals surface area contributed by atoms with Gasteiger partial charge < -0.3 is 5.32 Å². The molecule has 0 spiro atoms. The fourth-order valence-corrected chi connectivity index (χ4v) is 3.04. The van der Waals surface area contributed by atoms with Gasteiger partial charge in [-0.3, -0.25) is 4.98 Å². The molecule has 7 heteroatoms. The summed E-state index contributed by atoms with van der Waals surface area (Å²) in [6.07, 6.45) is -2.82. The number of alkyl halides is 3. The van der Waals surface area contributed by atoms with Crippen LogP contribution in [0.2, 0.25) is 5.02 Å². The first-order valence-electron chi connectivity index (χ1n) is 7.34. The summed E-state index contributed by atoms with van der Waals surface area (Å²) >= 11 is 11.1. The molecule has 1 N–H and O–H groups in total. The van der Waals surface area contributed by atoms with Gasteiger partial charge in [-0.15, -0.1) is 0 Å². The normalized spacial score (nSPS) is 11.5. The Balaban J connectivity index is 1.78. The maximum atomic E-state index is 12.9. The highest BCUT2D eigenvalue weighted by molar-refractivity contribution is 7.80. The molecular weight excluding hydrogens is 369 g/mol. The van der Waals surface area contributed by atoms with Crippen LogP contribution >= 0.6 is 23.8 Å². The fourth-order valence-electron chi connectivity index (χ4n) is 2.42. The van der Waals surface area contributed by atoms with E-state index in [9.17, 15) is 13.2 Å². The number of fused-ring (bicyclic) bond motifs is 1. The van der Waals surface area contributed by atoms with Gasteiger partial charge in [-0.1, -0.05) is 54.2 Å². The van der Waals surface area contributed by atoms with E-state index in [0.717, 1.165) is 22.5 Å². The molecule has 0 aliphatic carbocycles. The number of benzene rings is 2. The van der Waals surface area contributed by atoms with Crippen molar-refractivity contribution in [1.29, 1.82) is 0 Å². The molecule has 0 fully saturated rings. The molecule has 1 heterocycles. The molecule has 128 valence electrons. The Hall–Kier alpha value is -2.18. The first-order chi connectivity index (χ1) is 11.9. The van der Waals surface area contributed by atoms with Crippen LogP contribution in [0.5, 0.6) is 0 Å². The fraction of sp³-hybridized carbons (Fsp3) is 0.111. The molecule has 0 unspecified atom stereocenters. The molecule has 0 saturated carbocycles. The van der Waals surface area contributed by atoms with Crippen LogP contribution in [0.15, 0.2) is 54.7 Å². The van der Waals surface area contributed by atoms with Crippen molar-refractivity contribution in [3.05, 3.63) is 76.4 Å². The standard InChI is InChI=1S/C18H12ClF3N2S/c19-16-13(5-3-6-14(16)18(20,21)22)17(25)24-10-11-8-12-4-1-2-7-15(12)23-9-11/h1-9H,10H2,(H,24,25). The lowest BCUT2D eigenvalue weighted by atomic mass is 10.1. The molecule has 3 aromatic rings. The first kappa shape index (κ1) is 17.6. The van der Waals surface area contributed by atoms with Crippen LogP contribution in [0, 0.1) is 0 Å². The zero-order valence-electron chi connectivity index (χ0n) is 12.8. The number of para-hydroxylation sites is 1. The van der Waals surface area contributed by atoms with Crippen LogP contribution in [-0.2, 0) is 12.7 Å². The highest BCUT2D eigenvalue weighted by atomic mass is 35.5. The van der Waals surface area contributed by atoms with Crippen LogP contribution in [0.3, 0.4) is 0 Å². The quantitative estimate of drug-likeness (QED) is 0.618. The second kappa shape index (κ2) is 6.98. The molecule has 1 aromatic heterocycles. The van der Waals surface area contributed by atoms with E-state index in [0.29, 0.717) is 6.54 Å². The minimum atomic E-state index is -4.52. The average molecular weight is 381 g/mol. The van der Waals surface area contributed by atoms with Gasteiger partial charge in [0, 0.05) is 23.7 Å². The van der Waals surface area contributed by atoms with Crippen LogP contribution in [0.25, 0.3) is 10.9 Å². The largest absolute Gasteiger partial charge is 0.417 e. The lowest BCUT2D eigenvalue weighted by Gasteiger charge is -2.14. The van der Waals surface area contributed by atoms with E-state index >= 15 is 0 Å². The summed E-state index contributed by atoms with van der Waals surface area (Å²) in [5.41, 5.74) is 0.988. The Labute approximate surface area is 152 Å². The molecule has 2 aromatic carbocycles. The van der Waals surface area contributed by atoms with Crippen molar-refractivity contribution < 1.29 is 13.2 Å². The van der Waals surface area contributed by atoms with Gasteiger partial charge >= 0.3 is 6.18 Å². The van der Waals surface area contributed by atoms with Crippen LogP contribution in [-0.4, -0.2) is 9.97 Å². The molecule has 0 radical (unpaired) electrons. The highest BCUT2D eigenvalue weighted by Gasteiger charge is 2.34. The van der Waals surface area contributed by atoms with Gasteiger partial charge in [0.1, 0.15) is 4.99 Å². The lowest BCUT2D eigenvalue weighted by molar-refractivity contribution is -0.137. The van der Waals surface area contributed by atoms with Crippen LogP contribution in [0.1, 0.15) is 16.7 Å². The summed E-state index contributed by atoms with van der Waals surface area (Å²) in [5.74, 6) is 0. The second-order valence-corrected chi connectivity index (χ2v) is 6.17. The zero-order chi connectivity index (χ0) is 18.0. The van der Waals surface area contributed by atoms with Gasteiger partial charge in [0.05, 0.1) is 16.1 Å². The van der Waals surface area contributed by atoms with Crippen molar-refractivity contribution in [2.24, 2.45) is 0 Å². The molecule has 3 rings (SSSR count). The Morgan fingerprint density at radius 1 is 1.12 bits per heavy atom. The Morgan fingerprint density at radius 3 is 2.64 bits per heavy atom. The first-order valence-corrected chi connectivity index (χ1v) is 8.12. The Morgan fingerprint density at radius 2 is 1.88 bits per heavy atom. The Kier molecular flexibility index (Phi) is 4.92. The number of aromatic nitrogens is 1. The van der Waals surface area contributed by atoms with E-state index in [2.05, 4.69) is 10.3 Å². The molecule has 25 heavy (non-hydrogen) atoms. The molecule has 0 aliphatic heterocycles. The summed E-state index contributed by atoms with van der Waals surface area (Å²) in [5, 5.41) is 3.52. The molecule has 2 nitrogen and oxygen atoms in total. The van der Waals surface area contributed by atoms with E-state index in [-0.39, 0.29) is 10.6 Å². The maximum Gasteiger partial charge on any atom is 0.417 e. The minimum absolute atomic E-state index is 0.153. The number of halogens is 4. The van der Waals surface area contributed by atoms with Crippen molar-refractivity contribution in [2.45, 2.75) is 12.7 Å². The number of nitrogens with one attached hydrogen (secondary N) is 1. The summed E-state index contributed by atoms with van der Waals surface area (Å²) in [6, 6.07) is 13.3. The average Bonchev–Trinajstić information content (AvgIpc) is 2.58. The zero-order valence-corrected chi connectivity index (χ0v) is 14.3. The predicted molar refractivity (Wildman–Crippen MR) is 96.7 cm³/mol. The molecule has 0 bridgehead atoms. The number of rotatable bonds is 3. The van der Waals surface area contributed by atoms with Crippen molar-refractivity contribution in [2.75, 3.05) is 0 Å². The maximum absolute atomic E-state index is 12.9. The van der Waals surface area contributed by atoms with Crippen molar-refractivity contribution in [3.63, 3.8) is 0 Å². The number of hydrogen-bond donors (Lipinski definition) is 1. The summed E-state index contributed by atoms with van der Waals surface area (Å²) in [7, 11) is 0. The number of pyridine rings is 1. The number of hydrogen-bond acceptors (Lipinski definition) is 2. The third-order valence-corrected chi connectivity index (χ3v) is 4.42. The van der Waals surface area contributed by atoms with E-state index in [4.69, 9.17) is 23.8 Å². The summed E-state index contributed by atoms with van der Waals surface area (Å²) in [4.78, 5) is 4.49. The van der Waals surface area contributed by atoms with Gasteiger partial charge in [-0.25, -0.2) is 0 Å². The highest BCUT2D eigenvalue weighted by Crippen LogP contribution is 2.36. The minimum Gasteiger partial charge on any atom is -0.372 e. The second-order valence-electron chi connectivity index (χ2n) is 5.38. The predicted octanol–water partition coefficient (Wildman–Crippen LogP) is 5.37. The van der Waals surface area contributed by atoms with Crippen molar-refractivity contribution in [1.82, 2.24) is 10.3 Å². The topological polar surface area (TPSA) is 24.9 Å². The summed E-state index contributed by atoms with van der Waals surface area (Å²) < 4.78 is 38.8.